The van der Waals surface area contributed by atoms with Crippen molar-refractivity contribution >= 4 is 17.7 Å². The monoisotopic (exact) mass is 281 g/mol. The van der Waals surface area contributed by atoms with Crippen molar-refractivity contribution in [1.29, 1.82) is 0 Å². The van der Waals surface area contributed by atoms with E-state index in [2.05, 4.69) is 6.92 Å². The van der Waals surface area contributed by atoms with E-state index in [0.29, 0.717) is 18.9 Å². The molecule has 2 rings (SSSR count). The minimum Gasteiger partial charge on any atom is -0.480 e. The fraction of sp³-hybridized carbons (Fsp3) is 0.800. The molecule has 1 heterocycles. The number of likely N-dealkylation sites (tertiary alicyclic amines) is 1. The van der Waals surface area contributed by atoms with Gasteiger partial charge in [0.15, 0.2) is 0 Å². The molecule has 0 aromatic rings. The molecule has 2 fully saturated rings. The van der Waals surface area contributed by atoms with Gasteiger partial charge in [-0.15, -0.1) is 0 Å². The summed E-state index contributed by atoms with van der Waals surface area (Å²) >= 11 is 0. The molecule has 1 saturated carbocycles. The van der Waals surface area contributed by atoms with Gasteiger partial charge in [0.1, 0.15) is 6.04 Å². The fourth-order valence-corrected chi connectivity index (χ4v) is 3.42. The highest BCUT2D eigenvalue weighted by molar-refractivity contribution is 6.37. The molecule has 0 aromatic heterocycles. The number of hydrogen-bond acceptors (Lipinski definition) is 3. The number of rotatable bonds is 3. The second-order valence-corrected chi connectivity index (χ2v) is 6.18. The van der Waals surface area contributed by atoms with Crippen LogP contribution in [0.3, 0.4) is 0 Å². The number of hydrogen-bond donors (Lipinski definition) is 1. The molecular weight excluding hydrogens is 258 g/mol. The summed E-state index contributed by atoms with van der Waals surface area (Å²) < 4.78 is 0. The van der Waals surface area contributed by atoms with E-state index in [1.54, 1.807) is 0 Å². The Morgan fingerprint density at radius 2 is 1.80 bits per heavy atom. The predicted molar refractivity (Wildman–Crippen MR) is 73.1 cm³/mol. The number of carbonyl (C=O) groups is 3. The van der Waals surface area contributed by atoms with Gasteiger partial charge in [-0.3, -0.25) is 9.59 Å². The molecule has 5 nitrogen and oxygen atoms in total. The van der Waals surface area contributed by atoms with Gasteiger partial charge in [-0.05, 0) is 38.0 Å². The molecule has 3 unspecified atom stereocenters. The zero-order valence-corrected chi connectivity index (χ0v) is 12.0. The van der Waals surface area contributed by atoms with E-state index in [0.717, 1.165) is 38.5 Å². The molecule has 1 amide bonds. The van der Waals surface area contributed by atoms with Crippen LogP contribution in [0.2, 0.25) is 0 Å². The molecule has 1 saturated heterocycles. The number of ketones is 1. The van der Waals surface area contributed by atoms with Gasteiger partial charge in [-0.1, -0.05) is 19.8 Å². The lowest BCUT2D eigenvalue weighted by Crippen LogP contribution is -2.51. The van der Waals surface area contributed by atoms with Crippen LogP contribution in [0.15, 0.2) is 0 Å². The van der Waals surface area contributed by atoms with Crippen LogP contribution in [0.25, 0.3) is 0 Å². The van der Waals surface area contributed by atoms with Crippen molar-refractivity contribution in [1.82, 2.24) is 4.90 Å². The Morgan fingerprint density at radius 3 is 2.45 bits per heavy atom. The van der Waals surface area contributed by atoms with Crippen LogP contribution in [0.1, 0.15) is 51.9 Å². The number of amides is 1. The summed E-state index contributed by atoms with van der Waals surface area (Å²) in [5, 5.41) is 9.19. The molecule has 2 aliphatic rings. The van der Waals surface area contributed by atoms with E-state index in [1.807, 2.05) is 0 Å². The topological polar surface area (TPSA) is 74.7 Å². The summed E-state index contributed by atoms with van der Waals surface area (Å²) in [6.07, 6.45) is 5.65. The average molecular weight is 281 g/mol. The average Bonchev–Trinajstić information content (AvgIpc) is 2.45. The number of carboxylic acid groups (broad SMARTS) is 1. The lowest BCUT2D eigenvalue weighted by atomic mass is 9.80. The zero-order chi connectivity index (χ0) is 14.7. The maximum absolute atomic E-state index is 12.3. The van der Waals surface area contributed by atoms with Crippen molar-refractivity contribution in [3.8, 4) is 0 Å². The minimum atomic E-state index is -0.997. The Hall–Kier alpha value is -1.39. The van der Waals surface area contributed by atoms with Crippen LogP contribution in [-0.4, -0.2) is 40.3 Å². The highest BCUT2D eigenvalue weighted by Gasteiger charge is 2.38. The number of nitrogens with zero attached hydrogens (tertiary/aromatic N) is 1. The van der Waals surface area contributed by atoms with E-state index >= 15 is 0 Å². The molecular formula is C15H23NO4. The summed E-state index contributed by atoms with van der Waals surface area (Å²) in [6.45, 7) is 2.49. The molecule has 1 aliphatic heterocycles. The first-order chi connectivity index (χ1) is 9.50. The zero-order valence-electron chi connectivity index (χ0n) is 12.0. The number of Topliss-reactive ketones (excluding diaryl/α,β-unsaturated/α-hetero) is 1. The van der Waals surface area contributed by atoms with Gasteiger partial charge in [0.05, 0.1) is 0 Å². The van der Waals surface area contributed by atoms with Crippen LogP contribution in [0.5, 0.6) is 0 Å². The Labute approximate surface area is 119 Å². The third kappa shape index (κ3) is 3.19. The first-order valence-electron chi connectivity index (χ1n) is 7.58. The number of carbonyl (C=O) groups excluding carboxylic acids is 2. The third-order valence-corrected chi connectivity index (χ3v) is 4.57. The van der Waals surface area contributed by atoms with Crippen molar-refractivity contribution < 1.29 is 19.5 Å². The maximum atomic E-state index is 12.3. The van der Waals surface area contributed by atoms with Gasteiger partial charge in [0.25, 0.3) is 5.91 Å². The van der Waals surface area contributed by atoms with E-state index in [9.17, 15) is 19.5 Å². The highest BCUT2D eigenvalue weighted by Crippen LogP contribution is 2.30. The normalized spacial score (nSPS) is 30.9. The lowest BCUT2D eigenvalue weighted by Gasteiger charge is -2.34. The van der Waals surface area contributed by atoms with Gasteiger partial charge in [0.2, 0.25) is 5.78 Å². The smallest absolute Gasteiger partial charge is 0.326 e. The SMILES string of the molecule is CC1CCCC(C(=O)C(=O)N2CCCCC2C(=O)O)C1. The van der Waals surface area contributed by atoms with Gasteiger partial charge in [0, 0.05) is 12.5 Å². The number of piperidine rings is 1. The highest BCUT2D eigenvalue weighted by atomic mass is 16.4. The van der Waals surface area contributed by atoms with Gasteiger partial charge in [-0.25, -0.2) is 4.79 Å². The Balaban J connectivity index is 2.04. The molecule has 1 aliphatic carbocycles. The maximum Gasteiger partial charge on any atom is 0.326 e. The van der Waals surface area contributed by atoms with E-state index in [-0.39, 0.29) is 11.7 Å². The second-order valence-electron chi connectivity index (χ2n) is 6.18. The Kier molecular flexibility index (Phi) is 4.78. The van der Waals surface area contributed by atoms with Crippen LogP contribution < -0.4 is 0 Å². The first-order valence-corrected chi connectivity index (χ1v) is 7.58. The second kappa shape index (κ2) is 6.37. The largest absolute Gasteiger partial charge is 0.480 e. The molecule has 0 aromatic carbocycles. The summed E-state index contributed by atoms with van der Waals surface area (Å²) in [7, 11) is 0. The van der Waals surface area contributed by atoms with Crippen LogP contribution in [0.4, 0.5) is 0 Å². The molecule has 20 heavy (non-hydrogen) atoms. The molecule has 1 N–H and O–H groups in total. The molecule has 5 heteroatoms. The predicted octanol–water partition coefficient (Wildman–Crippen LogP) is 1.85. The summed E-state index contributed by atoms with van der Waals surface area (Å²) in [6, 6.07) is -0.818. The van der Waals surface area contributed by atoms with Crippen molar-refractivity contribution in [3.63, 3.8) is 0 Å². The minimum absolute atomic E-state index is 0.206. The van der Waals surface area contributed by atoms with Crippen molar-refractivity contribution in [2.45, 2.75) is 57.9 Å². The van der Waals surface area contributed by atoms with E-state index in [4.69, 9.17) is 0 Å². The van der Waals surface area contributed by atoms with Crippen molar-refractivity contribution in [2.75, 3.05) is 6.54 Å². The summed E-state index contributed by atoms with van der Waals surface area (Å²) in [5.41, 5.74) is 0. The summed E-state index contributed by atoms with van der Waals surface area (Å²) in [4.78, 5) is 37.2. The Morgan fingerprint density at radius 1 is 1.05 bits per heavy atom. The first kappa shape index (κ1) is 15.0. The van der Waals surface area contributed by atoms with Crippen LogP contribution in [0, 0.1) is 11.8 Å². The molecule has 3 atom stereocenters. The van der Waals surface area contributed by atoms with E-state index < -0.39 is 17.9 Å². The molecule has 0 spiro atoms. The fourth-order valence-electron chi connectivity index (χ4n) is 3.42. The molecule has 0 bridgehead atoms. The lowest BCUT2D eigenvalue weighted by molar-refractivity contribution is -0.157. The van der Waals surface area contributed by atoms with Gasteiger partial charge in [-0.2, -0.15) is 0 Å². The van der Waals surface area contributed by atoms with Crippen LogP contribution >= 0.6 is 0 Å². The van der Waals surface area contributed by atoms with Crippen molar-refractivity contribution in [2.24, 2.45) is 11.8 Å². The Bertz CT molecular complexity index is 407. The van der Waals surface area contributed by atoms with Gasteiger partial charge < -0.3 is 10.0 Å². The third-order valence-electron chi connectivity index (χ3n) is 4.57. The number of carboxylic acids is 1. The quantitative estimate of drug-likeness (QED) is 0.801. The standard InChI is InChI=1S/C15H23NO4/c1-10-5-4-6-11(9-10)13(17)14(18)16-8-3-2-7-12(16)15(19)20/h10-12H,2-9H2,1H3,(H,19,20). The summed E-state index contributed by atoms with van der Waals surface area (Å²) in [5.74, 6) is -1.67. The molecule has 0 radical (unpaired) electrons. The van der Waals surface area contributed by atoms with E-state index in [1.165, 1.54) is 4.90 Å². The van der Waals surface area contributed by atoms with Crippen molar-refractivity contribution in [3.05, 3.63) is 0 Å². The van der Waals surface area contributed by atoms with Crippen LogP contribution in [-0.2, 0) is 14.4 Å². The number of aliphatic carboxylic acids is 1. The van der Waals surface area contributed by atoms with Gasteiger partial charge >= 0.3 is 5.97 Å². The molecule has 112 valence electrons.